The van der Waals surface area contributed by atoms with Crippen molar-refractivity contribution in [2.24, 2.45) is 0 Å². The van der Waals surface area contributed by atoms with Crippen LogP contribution in [-0.2, 0) is 32.6 Å². The highest BCUT2D eigenvalue weighted by molar-refractivity contribution is 7.92. The zero-order valence-electron chi connectivity index (χ0n) is 25.7. The number of para-hydroxylation sites is 1. The summed E-state index contributed by atoms with van der Waals surface area (Å²) in [4.78, 5) is 29.3. The third-order valence-electron chi connectivity index (χ3n) is 6.93. The van der Waals surface area contributed by atoms with Gasteiger partial charge in [0, 0.05) is 12.1 Å². The largest absolute Gasteiger partial charge is 0.497 e. The molecule has 9 heteroatoms. The minimum atomic E-state index is -4.13. The van der Waals surface area contributed by atoms with Gasteiger partial charge in [0.25, 0.3) is 10.0 Å². The zero-order valence-corrected chi connectivity index (χ0v) is 26.5. The number of anilines is 1. The van der Waals surface area contributed by atoms with E-state index in [4.69, 9.17) is 4.74 Å². The molecular weight excluding hydrogens is 550 g/mol. The highest BCUT2D eigenvalue weighted by Gasteiger charge is 2.35. The Kier molecular flexibility index (Phi) is 10.8. The summed E-state index contributed by atoms with van der Waals surface area (Å²) in [7, 11) is -2.55. The topological polar surface area (TPSA) is 96.0 Å². The van der Waals surface area contributed by atoms with Crippen molar-refractivity contribution < 1.29 is 22.7 Å². The number of hydrogen-bond acceptors (Lipinski definition) is 5. The Labute approximate surface area is 250 Å². The Bertz CT molecular complexity index is 1460. The van der Waals surface area contributed by atoms with E-state index in [1.165, 1.54) is 9.21 Å². The van der Waals surface area contributed by atoms with Crippen molar-refractivity contribution in [2.45, 2.75) is 77.4 Å². The Morgan fingerprint density at radius 3 is 2.10 bits per heavy atom. The maximum atomic E-state index is 14.3. The summed E-state index contributed by atoms with van der Waals surface area (Å²) in [5.41, 5.74) is 2.42. The number of methoxy groups -OCH3 is 1. The van der Waals surface area contributed by atoms with Gasteiger partial charge < -0.3 is 15.0 Å². The number of sulfonamides is 1. The number of rotatable bonds is 12. The molecule has 3 aromatic rings. The lowest BCUT2D eigenvalue weighted by atomic mass is 10.1. The molecule has 0 bridgehead atoms. The van der Waals surface area contributed by atoms with Crippen molar-refractivity contribution in [3.05, 3.63) is 89.5 Å². The highest BCUT2D eigenvalue weighted by atomic mass is 32.2. The molecular formula is C33H43N3O5S. The molecule has 42 heavy (non-hydrogen) atoms. The molecule has 0 aromatic heterocycles. The van der Waals surface area contributed by atoms with Crippen LogP contribution in [0.5, 0.6) is 5.75 Å². The van der Waals surface area contributed by atoms with Crippen LogP contribution in [0.4, 0.5) is 5.69 Å². The fourth-order valence-electron chi connectivity index (χ4n) is 4.70. The molecule has 1 N–H and O–H groups in total. The van der Waals surface area contributed by atoms with Crippen molar-refractivity contribution in [3.8, 4) is 5.75 Å². The van der Waals surface area contributed by atoms with E-state index in [1.807, 2.05) is 65.8 Å². The van der Waals surface area contributed by atoms with E-state index in [1.54, 1.807) is 55.6 Å². The first-order chi connectivity index (χ1) is 19.8. The number of benzene rings is 3. The molecule has 1 unspecified atom stereocenters. The molecule has 0 radical (unpaired) electrons. The van der Waals surface area contributed by atoms with Gasteiger partial charge in [0.05, 0.1) is 17.7 Å². The molecule has 8 nitrogen and oxygen atoms in total. The van der Waals surface area contributed by atoms with Gasteiger partial charge in [0.1, 0.15) is 18.3 Å². The lowest BCUT2D eigenvalue weighted by Gasteiger charge is -2.35. The summed E-state index contributed by atoms with van der Waals surface area (Å²) >= 11 is 0. The minimum absolute atomic E-state index is 0.0889. The number of ether oxygens (including phenoxy) is 1. The fourth-order valence-corrected chi connectivity index (χ4v) is 6.16. The second-order valence-corrected chi connectivity index (χ2v) is 13.2. The highest BCUT2D eigenvalue weighted by Crippen LogP contribution is 2.29. The summed E-state index contributed by atoms with van der Waals surface area (Å²) in [5, 5.41) is 2.99. The number of carbonyl (C=O) groups excluding carboxylic acids is 2. The number of aryl methyl sites for hydroxylation is 2. The second-order valence-electron chi connectivity index (χ2n) is 11.3. The van der Waals surface area contributed by atoms with Crippen LogP contribution in [0.2, 0.25) is 0 Å². The molecule has 3 rings (SSSR count). The summed E-state index contributed by atoms with van der Waals surface area (Å²) in [6, 6.07) is 20.2. The van der Waals surface area contributed by atoms with Crippen molar-refractivity contribution in [1.29, 1.82) is 0 Å². The predicted molar refractivity (Wildman–Crippen MR) is 167 cm³/mol. The van der Waals surface area contributed by atoms with Gasteiger partial charge in [-0.25, -0.2) is 8.42 Å². The molecule has 0 saturated heterocycles. The van der Waals surface area contributed by atoms with Crippen molar-refractivity contribution in [2.75, 3.05) is 18.0 Å². The van der Waals surface area contributed by atoms with Gasteiger partial charge in [-0.1, -0.05) is 61.9 Å². The molecule has 3 aromatic carbocycles. The quantitative estimate of drug-likeness (QED) is 0.300. The van der Waals surface area contributed by atoms with E-state index in [0.717, 1.165) is 16.7 Å². The maximum absolute atomic E-state index is 14.3. The van der Waals surface area contributed by atoms with Gasteiger partial charge in [0.15, 0.2) is 0 Å². The molecule has 0 spiro atoms. The van der Waals surface area contributed by atoms with E-state index < -0.39 is 34.1 Å². The average Bonchev–Trinajstić information content (AvgIpc) is 2.95. The molecule has 0 aliphatic rings. The fraction of sp³-hybridized carbons (Fsp3) is 0.394. The molecule has 1 atom stereocenters. The molecule has 0 fully saturated rings. The van der Waals surface area contributed by atoms with Crippen LogP contribution in [0.25, 0.3) is 0 Å². The van der Waals surface area contributed by atoms with Gasteiger partial charge in [-0.3, -0.25) is 13.9 Å². The van der Waals surface area contributed by atoms with Crippen LogP contribution in [0, 0.1) is 6.92 Å². The summed E-state index contributed by atoms with van der Waals surface area (Å²) in [6.07, 6.45) is 0.922. The minimum Gasteiger partial charge on any atom is -0.497 e. The van der Waals surface area contributed by atoms with Gasteiger partial charge in [0.2, 0.25) is 11.8 Å². The van der Waals surface area contributed by atoms with Crippen molar-refractivity contribution in [1.82, 2.24) is 10.2 Å². The molecule has 0 aliphatic carbocycles. The summed E-state index contributed by atoms with van der Waals surface area (Å²) in [6.45, 7) is 11.0. The Morgan fingerprint density at radius 2 is 1.55 bits per heavy atom. The van der Waals surface area contributed by atoms with E-state index in [0.29, 0.717) is 24.3 Å². The second kappa shape index (κ2) is 13.9. The summed E-state index contributed by atoms with van der Waals surface area (Å²) < 4.78 is 34.7. The summed E-state index contributed by atoms with van der Waals surface area (Å²) in [5.74, 6) is -0.113. The van der Waals surface area contributed by atoms with Crippen LogP contribution >= 0.6 is 0 Å². The van der Waals surface area contributed by atoms with Crippen LogP contribution in [0.1, 0.15) is 57.7 Å². The van der Waals surface area contributed by atoms with Gasteiger partial charge in [-0.15, -0.1) is 0 Å². The first-order valence-corrected chi connectivity index (χ1v) is 15.7. The molecule has 0 heterocycles. The van der Waals surface area contributed by atoms with E-state index in [-0.39, 0.29) is 17.3 Å². The first kappa shape index (κ1) is 32.7. The van der Waals surface area contributed by atoms with Crippen LogP contribution in [-0.4, -0.2) is 50.4 Å². The monoisotopic (exact) mass is 593 g/mol. The number of carbonyl (C=O) groups is 2. The zero-order chi connectivity index (χ0) is 31.1. The Morgan fingerprint density at radius 1 is 0.929 bits per heavy atom. The van der Waals surface area contributed by atoms with Gasteiger partial charge in [-0.05, 0) is 82.0 Å². The van der Waals surface area contributed by atoms with E-state index in [2.05, 4.69) is 5.32 Å². The predicted octanol–water partition coefficient (Wildman–Crippen LogP) is 5.48. The molecule has 0 saturated carbocycles. The van der Waals surface area contributed by atoms with Crippen LogP contribution < -0.4 is 14.4 Å². The Balaban J connectivity index is 2.10. The molecule has 226 valence electrons. The maximum Gasteiger partial charge on any atom is 0.264 e. The van der Waals surface area contributed by atoms with Gasteiger partial charge >= 0.3 is 0 Å². The lowest BCUT2D eigenvalue weighted by Crippen LogP contribution is -2.55. The van der Waals surface area contributed by atoms with Crippen molar-refractivity contribution >= 4 is 27.5 Å². The third-order valence-corrected chi connectivity index (χ3v) is 8.70. The standard InChI is InChI=1S/C33H43N3O5S/c1-8-26-12-10-11-13-30(26)36(42(39,40)28-20-14-24(3)15-21-28)23-31(37)35(22-25-16-18-27(41-7)19-17-25)29(9-2)32(38)34-33(4,5)6/h10-21,29H,8-9,22-23H2,1-7H3,(H,34,38). The van der Waals surface area contributed by atoms with Crippen molar-refractivity contribution in [3.63, 3.8) is 0 Å². The molecule has 0 aliphatic heterocycles. The SMILES string of the molecule is CCc1ccccc1N(CC(=O)N(Cc1ccc(OC)cc1)C(CC)C(=O)NC(C)(C)C)S(=O)(=O)c1ccc(C)cc1. The van der Waals surface area contributed by atoms with E-state index in [9.17, 15) is 18.0 Å². The molecule has 2 amide bonds. The van der Waals surface area contributed by atoms with Crippen LogP contribution in [0.3, 0.4) is 0 Å². The average molecular weight is 594 g/mol. The number of hydrogen-bond donors (Lipinski definition) is 1. The number of nitrogens with one attached hydrogen (secondary N) is 1. The van der Waals surface area contributed by atoms with E-state index >= 15 is 0 Å². The smallest absolute Gasteiger partial charge is 0.264 e. The lowest BCUT2D eigenvalue weighted by molar-refractivity contribution is -0.141. The van der Waals surface area contributed by atoms with Crippen LogP contribution in [0.15, 0.2) is 77.7 Å². The number of amides is 2. The first-order valence-electron chi connectivity index (χ1n) is 14.2. The number of nitrogens with zero attached hydrogens (tertiary/aromatic N) is 2. The third kappa shape index (κ3) is 8.12. The normalized spacial score (nSPS) is 12.4. The Hall–Kier alpha value is -3.85. The van der Waals surface area contributed by atoms with Gasteiger partial charge in [-0.2, -0.15) is 0 Å².